The summed E-state index contributed by atoms with van der Waals surface area (Å²) in [5.41, 5.74) is 0.823. The molecule has 0 spiro atoms. The van der Waals surface area contributed by atoms with Crippen molar-refractivity contribution in [3.05, 3.63) is 64.7 Å². The zero-order chi connectivity index (χ0) is 27.1. The molecule has 2 aromatic heterocycles. The van der Waals surface area contributed by atoms with Crippen molar-refractivity contribution in [1.29, 1.82) is 0 Å². The van der Waals surface area contributed by atoms with E-state index in [-0.39, 0.29) is 23.9 Å². The van der Waals surface area contributed by atoms with Gasteiger partial charge in [0.2, 0.25) is 0 Å². The molecule has 2 heterocycles. The van der Waals surface area contributed by atoms with Gasteiger partial charge < -0.3 is 28.6 Å². The van der Waals surface area contributed by atoms with Crippen LogP contribution in [-0.2, 0) is 9.59 Å². The Balaban J connectivity index is 0.000000206. The van der Waals surface area contributed by atoms with Crippen LogP contribution in [0.4, 0.5) is 0 Å². The number of fused-ring (bicyclic) bond motifs is 2. The van der Waals surface area contributed by atoms with Crippen molar-refractivity contribution >= 4 is 34.0 Å². The first-order valence-corrected chi connectivity index (χ1v) is 12.4. The first-order chi connectivity index (χ1) is 17.7. The van der Waals surface area contributed by atoms with Gasteiger partial charge in [0.25, 0.3) is 0 Å². The molecule has 3 aromatic rings. The van der Waals surface area contributed by atoms with Crippen LogP contribution in [0.5, 0.6) is 5.75 Å². The number of methoxy groups -OCH3 is 1. The highest BCUT2D eigenvalue weighted by Crippen LogP contribution is 2.39. The predicted molar refractivity (Wildman–Crippen MR) is 141 cm³/mol. The van der Waals surface area contributed by atoms with E-state index in [1.54, 1.807) is 31.4 Å². The van der Waals surface area contributed by atoms with E-state index >= 15 is 0 Å². The summed E-state index contributed by atoms with van der Waals surface area (Å²) in [5, 5.41) is 20.7. The molecular weight excluding hydrogens is 476 g/mol. The molecule has 4 unspecified atom stereocenters. The molecule has 37 heavy (non-hydrogen) atoms. The third-order valence-corrected chi connectivity index (χ3v) is 6.31. The van der Waals surface area contributed by atoms with Gasteiger partial charge in [0.05, 0.1) is 24.5 Å². The van der Waals surface area contributed by atoms with E-state index in [0.717, 1.165) is 35.1 Å². The molecule has 1 fully saturated rings. The van der Waals surface area contributed by atoms with Crippen molar-refractivity contribution < 1.29 is 33.4 Å². The summed E-state index contributed by atoms with van der Waals surface area (Å²) >= 11 is 0. The number of aldehydes is 1. The Morgan fingerprint density at radius 1 is 1.11 bits per heavy atom. The summed E-state index contributed by atoms with van der Waals surface area (Å²) in [6.07, 6.45) is 7.72. The van der Waals surface area contributed by atoms with Crippen molar-refractivity contribution in [3.8, 4) is 5.75 Å². The number of furan rings is 1. The molecule has 1 aliphatic rings. The second-order valence-electron chi connectivity index (χ2n) is 9.37. The van der Waals surface area contributed by atoms with Crippen molar-refractivity contribution in [1.82, 2.24) is 0 Å². The quantitative estimate of drug-likeness (QED) is 0.203. The Labute approximate surface area is 215 Å². The molecule has 0 amide bonds. The Morgan fingerprint density at radius 3 is 2.51 bits per heavy atom. The highest BCUT2D eigenvalue weighted by molar-refractivity contribution is 5.98. The maximum absolute atomic E-state index is 11.6. The largest absolute Gasteiger partial charge is 0.492 e. The van der Waals surface area contributed by atoms with Gasteiger partial charge in [0.1, 0.15) is 29.3 Å². The summed E-state index contributed by atoms with van der Waals surface area (Å²) in [6.45, 7) is 6.16. The minimum Gasteiger partial charge on any atom is -0.492 e. The number of aliphatic hydroxyl groups excluding tert-OH is 2. The van der Waals surface area contributed by atoms with Gasteiger partial charge >= 0.3 is 5.63 Å². The van der Waals surface area contributed by atoms with Gasteiger partial charge in [0.15, 0.2) is 11.5 Å². The van der Waals surface area contributed by atoms with Gasteiger partial charge in [-0.25, -0.2) is 4.79 Å². The zero-order valence-corrected chi connectivity index (χ0v) is 21.5. The summed E-state index contributed by atoms with van der Waals surface area (Å²) in [7, 11) is 1.63. The molecular formula is C29H34O8. The third kappa shape index (κ3) is 6.45. The average Bonchev–Trinajstić information content (AvgIpc) is 3.24. The molecule has 2 N–H and O–H groups in total. The van der Waals surface area contributed by atoms with Crippen molar-refractivity contribution in [2.45, 2.75) is 58.2 Å². The lowest BCUT2D eigenvalue weighted by molar-refractivity contribution is -0.146. The molecule has 1 aromatic carbocycles. The highest BCUT2D eigenvalue weighted by atomic mass is 16.5. The van der Waals surface area contributed by atoms with E-state index < -0.39 is 23.9 Å². The third-order valence-electron chi connectivity index (χ3n) is 6.31. The fourth-order valence-electron chi connectivity index (χ4n) is 4.31. The van der Waals surface area contributed by atoms with Crippen LogP contribution in [-0.4, -0.2) is 41.6 Å². The number of hydrogen-bond acceptors (Lipinski definition) is 8. The molecule has 8 nitrogen and oxygen atoms in total. The molecule has 4 rings (SSSR count). The van der Waals surface area contributed by atoms with Gasteiger partial charge in [-0.3, -0.25) is 4.79 Å². The number of ketones is 1. The molecule has 0 aliphatic heterocycles. The number of carbonyl (C=O) groups excluding carboxylic acids is 2. The average molecular weight is 511 g/mol. The lowest BCUT2D eigenvalue weighted by Gasteiger charge is -2.31. The van der Waals surface area contributed by atoms with Crippen LogP contribution in [0.1, 0.15) is 51.7 Å². The number of hydrogen-bond donors (Lipinski definition) is 2. The van der Waals surface area contributed by atoms with E-state index in [1.165, 1.54) is 6.07 Å². The Kier molecular flexibility index (Phi) is 9.60. The van der Waals surface area contributed by atoms with Gasteiger partial charge in [-0.2, -0.15) is 0 Å². The molecule has 4 atom stereocenters. The SMILES string of the molecule is CCCC=CC=CC1CC(O)C(O)C(=O)C1C=O.COc1c(C(C)C)oc2cc3oc(=O)ccc3cc12. The molecule has 1 saturated carbocycles. The van der Waals surface area contributed by atoms with Crippen molar-refractivity contribution in [2.24, 2.45) is 11.8 Å². The smallest absolute Gasteiger partial charge is 0.336 e. The van der Waals surface area contributed by atoms with Crippen LogP contribution in [0.25, 0.3) is 21.9 Å². The van der Waals surface area contributed by atoms with Gasteiger partial charge in [0, 0.05) is 23.4 Å². The maximum Gasteiger partial charge on any atom is 0.336 e. The molecule has 0 radical (unpaired) electrons. The second kappa shape index (κ2) is 12.7. The number of benzene rings is 1. The monoisotopic (exact) mass is 510 g/mol. The van der Waals surface area contributed by atoms with Crippen LogP contribution in [0.3, 0.4) is 0 Å². The van der Waals surface area contributed by atoms with E-state index in [4.69, 9.17) is 13.6 Å². The number of allylic oxidation sites excluding steroid dienone is 4. The minimum absolute atomic E-state index is 0.220. The maximum atomic E-state index is 11.6. The Bertz CT molecular complexity index is 1340. The summed E-state index contributed by atoms with van der Waals surface area (Å²) < 4.78 is 16.4. The lowest BCUT2D eigenvalue weighted by Crippen LogP contribution is -2.47. The number of rotatable bonds is 7. The first-order valence-electron chi connectivity index (χ1n) is 12.4. The fraction of sp³-hybridized carbons (Fsp3) is 0.414. The molecule has 0 bridgehead atoms. The van der Waals surface area contributed by atoms with Crippen molar-refractivity contribution in [3.63, 3.8) is 0 Å². The standard InChI is InChI=1S/C15H14O4.C14H20O4/c1-8(2)14-15(17-3)10-6-9-4-5-13(16)18-11(9)7-12(10)19-14;1-2-3-4-5-6-7-10-8-12(16)14(18)13(17)11(10)9-15/h4-8H,1-3H3;4-7,9-12,14,16,18H,2-3,8H2,1H3. The van der Waals surface area contributed by atoms with Gasteiger partial charge in [-0.1, -0.05) is 51.5 Å². The summed E-state index contributed by atoms with van der Waals surface area (Å²) in [5.74, 6) is 0.000521. The van der Waals surface area contributed by atoms with Crippen LogP contribution in [0.15, 0.2) is 62.2 Å². The van der Waals surface area contributed by atoms with Crippen molar-refractivity contribution in [2.75, 3.05) is 7.11 Å². The lowest BCUT2D eigenvalue weighted by atomic mass is 9.76. The van der Waals surface area contributed by atoms with Crippen LogP contribution >= 0.6 is 0 Å². The fourth-order valence-corrected chi connectivity index (χ4v) is 4.31. The predicted octanol–water partition coefficient (Wildman–Crippen LogP) is 4.70. The minimum atomic E-state index is -1.43. The molecule has 198 valence electrons. The first kappa shape index (κ1) is 28.1. The number of unbranched alkanes of at least 4 members (excludes halogenated alkanes) is 1. The number of carbonyl (C=O) groups is 2. The second-order valence-corrected chi connectivity index (χ2v) is 9.37. The van der Waals surface area contributed by atoms with Crippen LogP contribution in [0, 0.1) is 11.8 Å². The zero-order valence-electron chi connectivity index (χ0n) is 21.5. The highest BCUT2D eigenvalue weighted by Gasteiger charge is 2.41. The normalized spacial score (nSPS) is 22.2. The number of ether oxygens (including phenoxy) is 1. The number of Topliss-reactive ketones (excluding diaryl/α,β-unsaturated/α-hetero) is 1. The van der Waals surface area contributed by atoms with Gasteiger partial charge in [-0.05, 0) is 30.9 Å². The number of aliphatic hydroxyl groups is 2. The van der Waals surface area contributed by atoms with Crippen LogP contribution in [0.2, 0.25) is 0 Å². The summed E-state index contributed by atoms with van der Waals surface area (Å²) in [4.78, 5) is 33.8. The Morgan fingerprint density at radius 2 is 1.86 bits per heavy atom. The summed E-state index contributed by atoms with van der Waals surface area (Å²) in [6, 6.07) is 6.80. The molecule has 1 aliphatic carbocycles. The molecule has 0 saturated heterocycles. The van der Waals surface area contributed by atoms with Crippen LogP contribution < -0.4 is 10.4 Å². The van der Waals surface area contributed by atoms with E-state index in [0.29, 0.717) is 17.5 Å². The van der Waals surface area contributed by atoms with E-state index in [2.05, 4.69) is 6.92 Å². The van der Waals surface area contributed by atoms with E-state index in [9.17, 15) is 24.6 Å². The van der Waals surface area contributed by atoms with Gasteiger partial charge in [-0.15, -0.1) is 0 Å². The topological polar surface area (TPSA) is 127 Å². The Hall–Kier alpha value is -3.49. The molecule has 8 heteroatoms. The van der Waals surface area contributed by atoms with E-state index in [1.807, 2.05) is 32.1 Å².